The number of aryl methyl sites for hydroxylation is 2. The van der Waals surface area contributed by atoms with Gasteiger partial charge in [-0.25, -0.2) is 0 Å². The van der Waals surface area contributed by atoms with Crippen LogP contribution in [-0.2, 0) is 6.42 Å². The Morgan fingerprint density at radius 1 is 1.33 bits per heavy atom. The molecule has 1 aliphatic heterocycles. The molecule has 0 aliphatic carbocycles. The monoisotopic (exact) mass is 248 g/mol. The summed E-state index contributed by atoms with van der Waals surface area (Å²) in [5, 5.41) is 9.63. The Kier molecular flexibility index (Phi) is 4.25. The van der Waals surface area contributed by atoms with E-state index >= 15 is 0 Å². The number of benzene rings is 1. The van der Waals surface area contributed by atoms with Gasteiger partial charge in [0.1, 0.15) is 0 Å². The first-order valence-corrected chi connectivity index (χ1v) is 6.82. The number of nitrogens with zero attached hydrogens (tertiary/aromatic N) is 2. The number of rotatable bonds is 3. The summed E-state index contributed by atoms with van der Waals surface area (Å²) in [6, 6.07) is 6.72. The average Bonchev–Trinajstić information content (AvgIpc) is 2.38. The molecular weight excluding hydrogens is 224 g/mol. The lowest BCUT2D eigenvalue weighted by atomic mass is 10.0. The van der Waals surface area contributed by atoms with Crippen LogP contribution in [0.15, 0.2) is 18.2 Å². The van der Waals surface area contributed by atoms with Crippen molar-refractivity contribution in [3.63, 3.8) is 0 Å². The molecule has 2 rings (SSSR count). The molecule has 3 heteroatoms. The van der Waals surface area contributed by atoms with Crippen molar-refractivity contribution in [2.24, 2.45) is 0 Å². The molecule has 0 spiro atoms. The van der Waals surface area contributed by atoms with Gasteiger partial charge in [-0.3, -0.25) is 0 Å². The minimum Gasteiger partial charge on any atom is -0.394 e. The van der Waals surface area contributed by atoms with Gasteiger partial charge in [-0.05, 0) is 31.5 Å². The van der Waals surface area contributed by atoms with Gasteiger partial charge in [-0.1, -0.05) is 25.1 Å². The number of para-hydroxylation sites is 1. The first-order valence-electron chi connectivity index (χ1n) is 6.82. The normalized spacial score (nSPS) is 21.3. The zero-order valence-electron chi connectivity index (χ0n) is 11.7. The van der Waals surface area contributed by atoms with E-state index in [9.17, 15) is 5.11 Å². The molecule has 0 saturated carbocycles. The predicted octanol–water partition coefficient (Wildman–Crippen LogP) is 1.67. The summed E-state index contributed by atoms with van der Waals surface area (Å²) >= 11 is 0. The number of aliphatic hydroxyl groups is 1. The Morgan fingerprint density at radius 3 is 2.78 bits per heavy atom. The van der Waals surface area contributed by atoms with E-state index in [4.69, 9.17) is 0 Å². The molecule has 1 fully saturated rings. The van der Waals surface area contributed by atoms with Crippen molar-refractivity contribution in [2.75, 3.05) is 38.2 Å². The van der Waals surface area contributed by atoms with Crippen LogP contribution in [0.5, 0.6) is 0 Å². The fourth-order valence-electron chi connectivity index (χ4n) is 2.88. The summed E-state index contributed by atoms with van der Waals surface area (Å²) in [4.78, 5) is 4.69. The highest BCUT2D eigenvalue weighted by Gasteiger charge is 2.26. The second-order valence-electron chi connectivity index (χ2n) is 5.23. The lowest BCUT2D eigenvalue weighted by Gasteiger charge is -2.42. The van der Waals surface area contributed by atoms with Crippen LogP contribution in [0, 0.1) is 6.92 Å². The second-order valence-corrected chi connectivity index (χ2v) is 5.23. The standard InChI is InChI=1S/C15H24N2O/c1-4-13-7-5-6-12(2)15(13)17-9-8-16(3)10-14(17)11-18/h5-7,14,18H,4,8-11H2,1-3H3. The van der Waals surface area contributed by atoms with Gasteiger partial charge in [0.05, 0.1) is 12.6 Å². The number of hydrogen-bond acceptors (Lipinski definition) is 3. The smallest absolute Gasteiger partial charge is 0.0648 e. The average molecular weight is 248 g/mol. The maximum absolute atomic E-state index is 9.63. The van der Waals surface area contributed by atoms with Gasteiger partial charge in [0, 0.05) is 25.3 Å². The number of piperazine rings is 1. The number of aliphatic hydroxyl groups excluding tert-OH is 1. The molecule has 1 aromatic carbocycles. The SMILES string of the molecule is CCc1cccc(C)c1N1CCN(C)CC1CO. The molecular formula is C15H24N2O. The zero-order valence-corrected chi connectivity index (χ0v) is 11.7. The summed E-state index contributed by atoms with van der Waals surface area (Å²) in [5.41, 5.74) is 4.04. The van der Waals surface area contributed by atoms with Gasteiger partial charge in [-0.15, -0.1) is 0 Å². The van der Waals surface area contributed by atoms with Crippen molar-refractivity contribution < 1.29 is 5.11 Å². The van der Waals surface area contributed by atoms with Gasteiger partial charge >= 0.3 is 0 Å². The van der Waals surface area contributed by atoms with E-state index in [1.165, 1.54) is 16.8 Å². The van der Waals surface area contributed by atoms with Crippen LogP contribution in [0.25, 0.3) is 0 Å². The molecule has 0 bridgehead atoms. The highest BCUT2D eigenvalue weighted by atomic mass is 16.3. The Labute approximate surface area is 110 Å². The van der Waals surface area contributed by atoms with E-state index in [0.29, 0.717) is 0 Å². The molecule has 1 aromatic rings. The van der Waals surface area contributed by atoms with Crippen LogP contribution >= 0.6 is 0 Å². The minimum atomic E-state index is 0.218. The molecule has 0 radical (unpaired) electrons. The van der Waals surface area contributed by atoms with Crippen molar-refractivity contribution in [2.45, 2.75) is 26.3 Å². The van der Waals surface area contributed by atoms with Crippen LogP contribution in [0.1, 0.15) is 18.1 Å². The van der Waals surface area contributed by atoms with E-state index in [1.54, 1.807) is 0 Å². The quantitative estimate of drug-likeness (QED) is 0.881. The molecule has 3 nitrogen and oxygen atoms in total. The van der Waals surface area contributed by atoms with Crippen LogP contribution in [0.2, 0.25) is 0 Å². The Bertz CT molecular complexity index is 405. The first kappa shape index (κ1) is 13.4. The lowest BCUT2D eigenvalue weighted by molar-refractivity contribution is 0.191. The van der Waals surface area contributed by atoms with Crippen molar-refractivity contribution in [3.05, 3.63) is 29.3 Å². The maximum atomic E-state index is 9.63. The van der Waals surface area contributed by atoms with Crippen molar-refractivity contribution in [3.8, 4) is 0 Å². The third-order valence-electron chi connectivity index (χ3n) is 3.89. The minimum absolute atomic E-state index is 0.218. The van der Waals surface area contributed by atoms with Crippen molar-refractivity contribution in [1.29, 1.82) is 0 Å². The van der Waals surface area contributed by atoms with Gasteiger partial charge in [-0.2, -0.15) is 0 Å². The predicted molar refractivity (Wildman–Crippen MR) is 76.3 cm³/mol. The van der Waals surface area contributed by atoms with Gasteiger partial charge in [0.2, 0.25) is 0 Å². The third-order valence-corrected chi connectivity index (χ3v) is 3.89. The van der Waals surface area contributed by atoms with Gasteiger partial charge < -0.3 is 14.9 Å². The fourth-order valence-corrected chi connectivity index (χ4v) is 2.88. The van der Waals surface area contributed by atoms with Crippen LogP contribution in [0.3, 0.4) is 0 Å². The molecule has 1 aliphatic rings. The van der Waals surface area contributed by atoms with Crippen LogP contribution < -0.4 is 4.90 Å². The Balaban J connectivity index is 2.35. The van der Waals surface area contributed by atoms with Crippen molar-refractivity contribution >= 4 is 5.69 Å². The highest BCUT2D eigenvalue weighted by Crippen LogP contribution is 2.28. The summed E-state index contributed by atoms with van der Waals surface area (Å²) in [6.07, 6.45) is 1.04. The number of likely N-dealkylation sites (N-methyl/N-ethyl adjacent to an activating group) is 1. The maximum Gasteiger partial charge on any atom is 0.0648 e. The molecule has 1 saturated heterocycles. The molecule has 1 N–H and O–H groups in total. The highest BCUT2D eigenvalue weighted by molar-refractivity contribution is 5.60. The second kappa shape index (κ2) is 5.72. The summed E-state index contributed by atoms with van der Waals surface area (Å²) in [7, 11) is 2.12. The van der Waals surface area contributed by atoms with Gasteiger partial charge in [0.25, 0.3) is 0 Å². The molecule has 1 unspecified atom stereocenters. The van der Waals surface area contributed by atoms with E-state index in [-0.39, 0.29) is 12.6 Å². The van der Waals surface area contributed by atoms with Crippen molar-refractivity contribution in [1.82, 2.24) is 4.90 Å². The third kappa shape index (κ3) is 2.52. The fraction of sp³-hybridized carbons (Fsp3) is 0.600. The van der Waals surface area contributed by atoms with Gasteiger partial charge in [0.15, 0.2) is 0 Å². The molecule has 18 heavy (non-hydrogen) atoms. The number of anilines is 1. The summed E-state index contributed by atoms with van der Waals surface area (Å²) in [5.74, 6) is 0. The van der Waals surface area contributed by atoms with Crippen LogP contribution in [-0.4, -0.2) is 49.3 Å². The molecule has 0 amide bonds. The molecule has 0 aromatic heterocycles. The van der Waals surface area contributed by atoms with E-state index in [0.717, 1.165) is 26.1 Å². The molecule has 1 atom stereocenters. The number of hydrogen-bond donors (Lipinski definition) is 1. The van der Waals surface area contributed by atoms with E-state index in [2.05, 4.69) is 48.9 Å². The summed E-state index contributed by atoms with van der Waals surface area (Å²) in [6.45, 7) is 7.59. The van der Waals surface area contributed by atoms with E-state index in [1.807, 2.05) is 0 Å². The van der Waals surface area contributed by atoms with E-state index < -0.39 is 0 Å². The zero-order chi connectivity index (χ0) is 13.1. The van der Waals surface area contributed by atoms with Crippen LogP contribution in [0.4, 0.5) is 5.69 Å². The lowest BCUT2D eigenvalue weighted by Crippen LogP contribution is -2.54. The largest absolute Gasteiger partial charge is 0.394 e. The molecule has 100 valence electrons. The Morgan fingerprint density at radius 2 is 2.11 bits per heavy atom. The first-order chi connectivity index (χ1) is 8.67. The topological polar surface area (TPSA) is 26.7 Å². The molecule has 1 heterocycles. The Hall–Kier alpha value is -1.06. The summed E-state index contributed by atoms with van der Waals surface area (Å²) < 4.78 is 0.